The lowest BCUT2D eigenvalue weighted by molar-refractivity contribution is 0.496. The van der Waals surface area contributed by atoms with Crippen LogP contribution in [0.15, 0.2) is 23.0 Å². The van der Waals surface area contributed by atoms with Gasteiger partial charge in [-0.1, -0.05) is 11.6 Å². The Hall–Kier alpha value is -1.82. The van der Waals surface area contributed by atoms with E-state index in [-0.39, 0.29) is 16.3 Å². The SMILES string of the molecule is O=c1[nH]nc(Cl)cc1-c1cc(F)c(F)cc1F. The van der Waals surface area contributed by atoms with Crippen LogP contribution in [0, 0.1) is 17.5 Å². The van der Waals surface area contributed by atoms with Crippen molar-refractivity contribution >= 4 is 11.6 Å². The van der Waals surface area contributed by atoms with Gasteiger partial charge in [-0.3, -0.25) is 4.79 Å². The first kappa shape index (κ1) is 11.7. The van der Waals surface area contributed by atoms with Crippen LogP contribution in [0.2, 0.25) is 5.15 Å². The van der Waals surface area contributed by atoms with Gasteiger partial charge >= 0.3 is 0 Å². The molecule has 1 aromatic carbocycles. The molecule has 2 aromatic rings. The van der Waals surface area contributed by atoms with Gasteiger partial charge in [0.1, 0.15) is 11.0 Å². The van der Waals surface area contributed by atoms with E-state index in [0.29, 0.717) is 12.1 Å². The quantitative estimate of drug-likeness (QED) is 0.801. The lowest BCUT2D eigenvalue weighted by atomic mass is 10.1. The molecular weight excluding hydrogens is 257 g/mol. The number of aromatic amines is 1. The molecule has 0 saturated carbocycles. The maximum Gasteiger partial charge on any atom is 0.272 e. The largest absolute Gasteiger partial charge is 0.272 e. The van der Waals surface area contributed by atoms with E-state index in [1.807, 2.05) is 5.10 Å². The summed E-state index contributed by atoms with van der Waals surface area (Å²) < 4.78 is 39.1. The standard InChI is InChI=1S/C10H4ClF3N2O/c11-9-2-5(10(17)16-15-9)4-1-7(13)8(14)3-6(4)12/h1-3H,(H,16,17). The van der Waals surface area contributed by atoms with E-state index in [4.69, 9.17) is 11.6 Å². The van der Waals surface area contributed by atoms with Gasteiger partial charge in [-0.25, -0.2) is 18.3 Å². The number of hydrogen-bond acceptors (Lipinski definition) is 2. The third kappa shape index (κ3) is 2.16. The molecule has 0 fully saturated rings. The molecule has 1 N–H and O–H groups in total. The van der Waals surface area contributed by atoms with Crippen molar-refractivity contribution in [2.45, 2.75) is 0 Å². The summed E-state index contributed by atoms with van der Waals surface area (Å²) in [6.45, 7) is 0. The first-order valence-corrected chi connectivity index (χ1v) is 4.77. The number of hydrogen-bond donors (Lipinski definition) is 1. The van der Waals surface area contributed by atoms with Crippen molar-refractivity contribution in [3.05, 3.63) is 51.2 Å². The van der Waals surface area contributed by atoms with Crippen LogP contribution in [-0.4, -0.2) is 10.2 Å². The molecule has 1 heterocycles. The molecule has 0 aliphatic rings. The van der Waals surface area contributed by atoms with Gasteiger partial charge in [0, 0.05) is 11.6 Å². The lowest BCUT2D eigenvalue weighted by Crippen LogP contribution is -2.11. The molecule has 0 saturated heterocycles. The van der Waals surface area contributed by atoms with Crippen LogP contribution >= 0.6 is 11.6 Å². The minimum Gasteiger partial charge on any atom is -0.267 e. The van der Waals surface area contributed by atoms with E-state index >= 15 is 0 Å². The van der Waals surface area contributed by atoms with Crippen LogP contribution in [0.3, 0.4) is 0 Å². The zero-order valence-corrected chi connectivity index (χ0v) is 8.86. The highest BCUT2D eigenvalue weighted by atomic mass is 35.5. The van der Waals surface area contributed by atoms with E-state index in [1.54, 1.807) is 0 Å². The molecule has 0 unspecified atom stereocenters. The monoisotopic (exact) mass is 260 g/mol. The van der Waals surface area contributed by atoms with Crippen molar-refractivity contribution in [3.63, 3.8) is 0 Å². The molecular formula is C10H4ClF3N2O. The number of benzene rings is 1. The Morgan fingerprint density at radius 1 is 1.00 bits per heavy atom. The topological polar surface area (TPSA) is 45.8 Å². The molecule has 0 spiro atoms. The molecule has 88 valence electrons. The summed E-state index contributed by atoms with van der Waals surface area (Å²) in [4.78, 5) is 11.4. The highest BCUT2D eigenvalue weighted by molar-refractivity contribution is 6.29. The van der Waals surface area contributed by atoms with Crippen LogP contribution in [0.1, 0.15) is 0 Å². The fraction of sp³-hybridized carbons (Fsp3) is 0. The number of rotatable bonds is 1. The minimum absolute atomic E-state index is 0.0938. The smallest absolute Gasteiger partial charge is 0.267 e. The average molecular weight is 261 g/mol. The van der Waals surface area contributed by atoms with E-state index in [9.17, 15) is 18.0 Å². The zero-order valence-electron chi connectivity index (χ0n) is 8.10. The summed E-state index contributed by atoms with van der Waals surface area (Å²) in [6.07, 6.45) is 0. The Kier molecular flexibility index (Phi) is 2.89. The molecule has 0 aliphatic heterocycles. The lowest BCUT2D eigenvalue weighted by Gasteiger charge is -2.03. The van der Waals surface area contributed by atoms with Gasteiger partial charge in [0.25, 0.3) is 5.56 Å². The van der Waals surface area contributed by atoms with Gasteiger partial charge in [0.05, 0.1) is 5.56 Å². The average Bonchev–Trinajstić information content (AvgIpc) is 2.27. The summed E-state index contributed by atoms with van der Waals surface area (Å²) >= 11 is 5.52. The molecule has 7 heteroatoms. The number of aromatic nitrogens is 2. The van der Waals surface area contributed by atoms with Crippen molar-refractivity contribution in [3.8, 4) is 11.1 Å². The molecule has 0 atom stereocenters. The van der Waals surface area contributed by atoms with E-state index in [0.717, 1.165) is 6.07 Å². The summed E-state index contributed by atoms with van der Waals surface area (Å²) in [5.74, 6) is -3.65. The number of H-pyrrole nitrogens is 1. The fourth-order valence-electron chi connectivity index (χ4n) is 1.31. The predicted octanol–water partition coefficient (Wildman–Crippen LogP) is 2.51. The second kappa shape index (κ2) is 4.21. The third-order valence-corrected chi connectivity index (χ3v) is 2.27. The fourth-order valence-corrected chi connectivity index (χ4v) is 1.46. The predicted molar refractivity (Wildman–Crippen MR) is 55.2 cm³/mol. The van der Waals surface area contributed by atoms with Gasteiger partial charge in [-0.05, 0) is 12.1 Å². The zero-order chi connectivity index (χ0) is 12.6. The highest BCUT2D eigenvalue weighted by Crippen LogP contribution is 2.23. The third-order valence-electron chi connectivity index (χ3n) is 2.07. The van der Waals surface area contributed by atoms with Crippen LogP contribution in [0.5, 0.6) is 0 Å². The maximum atomic E-state index is 13.4. The molecule has 3 nitrogen and oxygen atoms in total. The van der Waals surface area contributed by atoms with Crippen LogP contribution in [-0.2, 0) is 0 Å². The Balaban J connectivity index is 2.72. The van der Waals surface area contributed by atoms with Crippen LogP contribution < -0.4 is 5.56 Å². The van der Waals surface area contributed by atoms with Crippen molar-refractivity contribution in [1.82, 2.24) is 10.2 Å². The molecule has 0 bridgehead atoms. The summed E-state index contributed by atoms with van der Waals surface area (Å²) in [7, 11) is 0. The normalized spacial score (nSPS) is 10.6. The first-order chi connectivity index (χ1) is 7.99. The Bertz CT molecular complexity index is 642. The molecule has 0 radical (unpaired) electrons. The van der Waals surface area contributed by atoms with Gasteiger partial charge < -0.3 is 0 Å². The van der Waals surface area contributed by atoms with Crippen molar-refractivity contribution < 1.29 is 13.2 Å². The first-order valence-electron chi connectivity index (χ1n) is 4.39. The maximum absolute atomic E-state index is 13.4. The molecule has 0 amide bonds. The van der Waals surface area contributed by atoms with Gasteiger partial charge in [0.15, 0.2) is 11.6 Å². The van der Waals surface area contributed by atoms with Crippen molar-refractivity contribution in [2.24, 2.45) is 0 Å². The minimum atomic E-state index is -1.33. The van der Waals surface area contributed by atoms with Crippen molar-refractivity contribution in [1.29, 1.82) is 0 Å². The number of halogens is 4. The van der Waals surface area contributed by atoms with E-state index in [1.165, 1.54) is 0 Å². The Morgan fingerprint density at radius 3 is 2.35 bits per heavy atom. The molecule has 0 aliphatic carbocycles. The van der Waals surface area contributed by atoms with Crippen LogP contribution in [0.25, 0.3) is 11.1 Å². The van der Waals surface area contributed by atoms with Gasteiger partial charge in [-0.15, -0.1) is 0 Å². The highest BCUT2D eigenvalue weighted by Gasteiger charge is 2.14. The summed E-state index contributed by atoms with van der Waals surface area (Å²) in [5.41, 5.74) is -1.35. The Morgan fingerprint density at radius 2 is 1.65 bits per heavy atom. The van der Waals surface area contributed by atoms with Crippen LogP contribution in [0.4, 0.5) is 13.2 Å². The van der Waals surface area contributed by atoms with Crippen molar-refractivity contribution in [2.75, 3.05) is 0 Å². The summed E-state index contributed by atoms with van der Waals surface area (Å²) in [5, 5.41) is 5.29. The van der Waals surface area contributed by atoms with E-state index in [2.05, 4.69) is 5.10 Å². The summed E-state index contributed by atoms with van der Waals surface area (Å²) in [6, 6.07) is 2.01. The second-order valence-electron chi connectivity index (χ2n) is 3.18. The second-order valence-corrected chi connectivity index (χ2v) is 3.57. The Labute approximate surface area is 97.9 Å². The number of nitrogens with one attached hydrogen (secondary N) is 1. The molecule has 17 heavy (non-hydrogen) atoms. The number of nitrogens with zero attached hydrogens (tertiary/aromatic N) is 1. The van der Waals surface area contributed by atoms with Gasteiger partial charge in [-0.2, -0.15) is 5.10 Å². The van der Waals surface area contributed by atoms with E-state index < -0.39 is 23.0 Å². The van der Waals surface area contributed by atoms with Gasteiger partial charge in [0.2, 0.25) is 0 Å². The molecule has 2 rings (SSSR count). The molecule has 1 aromatic heterocycles.